The highest BCUT2D eigenvalue weighted by atomic mass is 32.1. The summed E-state index contributed by atoms with van der Waals surface area (Å²) >= 11 is 1.54. The molecule has 2 heterocycles. The Morgan fingerprint density at radius 2 is 2.32 bits per heavy atom. The van der Waals surface area contributed by atoms with Crippen molar-refractivity contribution in [3.63, 3.8) is 0 Å². The lowest BCUT2D eigenvalue weighted by Gasteiger charge is -2.23. The van der Waals surface area contributed by atoms with E-state index in [-0.39, 0.29) is 12.5 Å². The number of nitrogens with one attached hydrogen (secondary N) is 2. The van der Waals surface area contributed by atoms with E-state index in [9.17, 15) is 9.90 Å². The average molecular weight is 315 g/mol. The largest absolute Gasteiger partial charge is 0.384 e. The van der Waals surface area contributed by atoms with E-state index in [4.69, 9.17) is 6.42 Å². The van der Waals surface area contributed by atoms with Gasteiger partial charge in [-0.05, 0) is 41.4 Å². The number of aromatic nitrogens is 1. The Morgan fingerprint density at radius 3 is 2.91 bits per heavy atom. The van der Waals surface area contributed by atoms with Crippen molar-refractivity contribution in [3.8, 4) is 12.3 Å². The normalized spacial score (nSPS) is 13.0. The molecule has 6 heteroatoms. The van der Waals surface area contributed by atoms with Crippen LogP contribution in [0.25, 0.3) is 0 Å². The number of anilines is 1. The molecule has 0 aliphatic carbocycles. The Bertz CT molecular complexity index is 658. The zero-order valence-electron chi connectivity index (χ0n) is 12.2. The van der Waals surface area contributed by atoms with Crippen molar-refractivity contribution in [2.24, 2.45) is 0 Å². The van der Waals surface area contributed by atoms with E-state index in [1.165, 1.54) is 17.5 Å². The second kappa shape index (κ2) is 7.07. The van der Waals surface area contributed by atoms with Crippen molar-refractivity contribution in [3.05, 3.63) is 46.3 Å². The maximum Gasteiger partial charge on any atom is 0.253 e. The number of hydrogen-bond acceptors (Lipinski definition) is 5. The monoisotopic (exact) mass is 315 g/mol. The molecule has 0 aliphatic rings. The van der Waals surface area contributed by atoms with Crippen LogP contribution in [0.15, 0.2) is 35.2 Å². The highest BCUT2D eigenvalue weighted by Crippen LogP contribution is 2.23. The zero-order chi connectivity index (χ0) is 16.0. The molecule has 1 atom stereocenters. The van der Waals surface area contributed by atoms with Crippen LogP contribution in [0.5, 0.6) is 0 Å². The Balaban J connectivity index is 1.94. The summed E-state index contributed by atoms with van der Waals surface area (Å²) in [7, 11) is 0. The van der Waals surface area contributed by atoms with Gasteiger partial charge in [-0.1, -0.05) is 5.92 Å². The summed E-state index contributed by atoms with van der Waals surface area (Å²) < 4.78 is 0. The lowest BCUT2D eigenvalue weighted by Crippen LogP contribution is -2.30. The first-order chi connectivity index (χ1) is 10.5. The third-order valence-corrected chi connectivity index (χ3v) is 3.82. The summed E-state index contributed by atoms with van der Waals surface area (Å²) in [5, 5.41) is 19.9. The molecule has 2 rings (SSSR count). The number of aliphatic hydroxyl groups is 1. The Morgan fingerprint density at radius 1 is 1.50 bits per heavy atom. The highest BCUT2D eigenvalue weighted by molar-refractivity contribution is 7.08. The molecule has 2 aromatic rings. The molecule has 2 aromatic heterocycles. The molecule has 0 saturated heterocycles. The van der Waals surface area contributed by atoms with Crippen molar-refractivity contribution in [1.29, 1.82) is 0 Å². The molecule has 0 bridgehead atoms. The first-order valence-corrected chi connectivity index (χ1v) is 7.64. The predicted octanol–water partition coefficient (Wildman–Crippen LogP) is 1.83. The average Bonchev–Trinajstić information content (AvgIpc) is 3.06. The van der Waals surface area contributed by atoms with Crippen LogP contribution in [-0.2, 0) is 5.60 Å². The van der Waals surface area contributed by atoms with Crippen LogP contribution in [0.4, 0.5) is 5.82 Å². The number of carbonyl (C=O) groups is 1. The fraction of sp³-hybridized carbons (Fsp3) is 0.250. The van der Waals surface area contributed by atoms with Crippen molar-refractivity contribution in [2.45, 2.75) is 12.5 Å². The van der Waals surface area contributed by atoms with E-state index >= 15 is 0 Å². The maximum atomic E-state index is 11.7. The lowest BCUT2D eigenvalue weighted by molar-refractivity contribution is 0.0719. The molecular formula is C16H17N3O2S. The Hall–Kier alpha value is -2.36. The van der Waals surface area contributed by atoms with Gasteiger partial charge < -0.3 is 15.7 Å². The number of rotatable bonds is 6. The molecule has 3 N–H and O–H groups in total. The van der Waals surface area contributed by atoms with Gasteiger partial charge in [0.05, 0.1) is 12.1 Å². The van der Waals surface area contributed by atoms with E-state index in [0.717, 1.165) is 5.56 Å². The van der Waals surface area contributed by atoms with Crippen LogP contribution >= 0.6 is 11.3 Å². The van der Waals surface area contributed by atoms with Gasteiger partial charge in [-0.2, -0.15) is 11.3 Å². The molecule has 0 fully saturated rings. The smallest absolute Gasteiger partial charge is 0.253 e. The van der Waals surface area contributed by atoms with E-state index in [1.54, 1.807) is 19.1 Å². The quantitative estimate of drug-likeness (QED) is 0.711. The van der Waals surface area contributed by atoms with Gasteiger partial charge in [-0.15, -0.1) is 6.42 Å². The van der Waals surface area contributed by atoms with Gasteiger partial charge in [0.15, 0.2) is 0 Å². The first kappa shape index (κ1) is 16.0. The van der Waals surface area contributed by atoms with Crippen molar-refractivity contribution in [1.82, 2.24) is 10.3 Å². The molecule has 1 amide bonds. The second-order valence-corrected chi connectivity index (χ2v) is 5.74. The summed E-state index contributed by atoms with van der Waals surface area (Å²) in [6, 6.07) is 5.23. The molecule has 5 nitrogen and oxygen atoms in total. The number of thiophene rings is 1. The van der Waals surface area contributed by atoms with Gasteiger partial charge in [-0.25, -0.2) is 4.98 Å². The minimum atomic E-state index is -0.982. The number of carbonyl (C=O) groups excluding carboxylic acids is 1. The van der Waals surface area contributed by atoms with Crippen LogP contribution < -0.4 is 10.6 Å². The number of amides is 1. The minimum Gasteiger partial charge on any atom is -0.384 e. The van der Waals surface area contributed by atoms with E-state index < -0.39 is 5.60 Å². The van der Waals surface area contributed by atoms with Crippen molar-refractivity contribution >= 4 is 23.1 Å². The lowest BCUT2D eigenvalue weighted by atomic mass is 9.99. The summed E-state index contributed by atoms with van der Waals surface area (Å²) in [6.45, 7) is 2.24. The minimum absolute atomic E-state index is 0.183. The van der Waals surface area contributed by atoms with Gasteiger partial charge in [0, 0.05) is 12.7 Å². The summed E-state index contributed by atoms with van der Waals surface area (Å²) in [6.07, 6.45) is 6.55. The Kier molecular flexibility index (Phi) is 5.15. The first-order valence-electron chi connectivity index (χ1n) is 6.69. The summed E-state index contributed by atoms with van der Waals surface area (Å²) in [5.41, 5.74) is 0.311. The standard InChI is InChI=1S/C16H17N3O2S/c1-3-7-17-15(20)12-4-5-14(18-9-12)19-11-16(2,21)13-6-8-22-10-13/h1,4-6,8-10,21H,7,11H2,2H3,(H,17,20)(H,18,19). The molecule has 0 aliphatic heterocycles. The predicted molar refractivity (Wildman–Crippen MR) is 87.8 cm³/mol. The van der Waals surface area contributed by atoms with Gasteiger partial charge in [0.25, 0.3) is 5.91 Å². The van der Waals surface area contributed by atoms with Crippen LogP contribution in [-0.4, -0.2) is 29.1 Å². The maximum absolute atomic E-state index is 11.7. The topological polar surface area (TPSA) is 74.2 Å². The van der Waals surface area contributed by atoms with Crippen LogP contribution in [0.2, 0.25) is 0 Å². The van der Waals surface area contributed by atoms with E-state index in [1.807, 2.05) is 16.8 Å². The number of pyridine rings is 1. The molecule has 114 valence electrons. The van der Waals surface area contributed by atoms with Crippen molar-refractivity contribution < 1.29 is 9.90 Å². The molecular weight excluding hydrogens is 298 g/mol. The van der Waals surface area contributed by atoms with Crippen LogP contribution in [0, 0.1) is 12.3 Å². The summed E-state index contributed by atoms with van der Waals surface area (Å²) in [5.74, 6) is 2.66. The van der Waals surface area contributed by atoms with Crippen LogP contribution in [0.1, 0.15) is 22.8 Å². The van der Waals surface area contributed by atoms with Crippen LogP contribution in [0.3, 0.4) is 0 Å². The molecule has 1 unspecified atom stereocenters. The fourth-order valence-corrected chi connectivity index (χ4v) is 2.58. The van der Waals surface area contributed by atoms with Crippen molar-refractivity contribution in [2.75, 3.05) is 18.4 Å². The third-order valence-electron chi connectivity index (χ3n) is 3.13. The van der Waals surface area contributed by atoms with Gasteiger partial charge >= 0.3 is 0 Å². The molecule has 0 spiro atoms. The number of hydrogen-bond donors (Lipinski definition) is 3. The summed E-state index contributed by atoms with van der Waals surface area (Å²) in [4.78, 5) is 15.8. The van der Waals surface area contributed by atoms with Gasteiger partial charge in [-0.3, -0.25) is 4.79 Å². The van der Waals surface area contributed by atoms with Gasteiger partial charge in [0.2, 0.25) is 0 Å². The molecule has 0 saturated carbocycles. The number of nitrogens with zero attached hydrogens (tertiary/aromatic N) is 1. The zero-order valence-corrected chi connectivity index (χ0v) is 13.0. The molecule has 0 aromatic carbocycles. The highest BCUT2D eigenvalue weighted by Gasteiger charge is 2.23. The fourth-order valence-electron chi connectivity index (χ4n) is 1.80. The van der Waals surface area contributed by atoms with Gasteiger partial charge in [0.1, 0.15) is 11.4 Å². The second-order valence-electron chi connectivity index (χ2n) is 4.96. The number of terminal acetylenes is 1. The molecule has 0 radical (unpaired) electrons. The Labute approximate surface area is 133 Å². The molecule has 22 heavy (non-hydrogen) atoms. The van der Waals surface area contributed by atoms with E-state index in [0.29, 0.717) is 17.9 Å². The third kappa shape index (κ3) is 4.07. The van der Waals surface area contributed by atoms with E-state index in [2.05, 4.69) is 21.5 Å². The SMILES string of the molecule is C#CCNC(=O)c1ccc(NCC(C)(O)c2ccsc2)nc1.